The minimum Gasteiger partial charge on any atom is -0.398 e. The molecule has 1 heterocycles. The summed E-state index contributed by atoms with van der Waals surface area (Å²) >= 11 is 0. The van der Waals surface area contributed by atoms with Crippen LogP contribution >= 0.6 is 0 Å². The first kappa shape index (κ1) is 20.4. The average Bonchev–Trinajstić information content (AvgIpc) is 3.23. The molecular weight excluding hydrogens is 385 g/mol. The molecule has 3 nitrogen and oxygen atoms in total. The van der Waals surface area contributed by atoms with E-state index in [4.69, 9.17) is 10.7 Å². The van der Waals surface area contributed by atoms with Gasteiger partial charge >= 0.3 is 0 Å². The molecule has 0 aliphatic carbocycles. The minimum absolute atomic E-state index is 0.357. The fourth-order valence-electron chi connectivity index (χ4n) is 3.65. The maximum atomic E-state index is 13.4. The third-order valence-electron chi connectivity index (χ3n) is 5.06. The van der Waals surface area contributed by atoms with Gasteiger partial charge in [-0.05, 0) is 52.6 Å². The lowest BCUT2D eigenvalue weighted by atomic mass is 9.94. The molecule has 0 amide bonds. The van der Waals surface area contributed by atoms with Crippen molar-refractivity contribution in [2.24, 2.45) is 0 Å². The molecule has 0 atom stereocenters. The van der Waals surface area contributed by atoms with Crippen LogP contribution in [0.25, 0.3) is 44.7 Å². The average molecular weight is 410 g/mol. The number of hydrogen-bond acceptors (Lipinski definition) is 2. The van der Waals surface area contributed by atoms with E-state index in [2.05, 4.69) is 41.4 Å². The SMILES string of the molecule is CC.Nc1cc(F)ccc1-c1nc2cc(-c3ccccc3)c(-c3ccccc3)cc2[nH]1. The van der Waals surface area contributed by atoms with Crippen molar-refractivity contribution in [2.45, 2.75) is 13.8 Å². The molecule has 0 unspecified atom stereocenters. The number of nitrogens with zero attached hydrogens (tertiary/aromatic N) is 1. The monoisotopic (exact) mass is 409 g/mol. The Bertz CT molecular complexity index is 1230. The van der Waals surface area contributed by atoms with Crippen LogP contribution < -0.4 is 5.73 Å². The molecule has 5 aromatic rings. The molecule has 0 aliphatic rings. The van der Waals surface area contributed by atoms with Gasteiger partial charge in [0.15, 0.2) is 0 Å². The fourth-order valence-corrected chi connectivity index (χ4v) is 3.65. The third-order valence-corrected chi connectivity index (χ3v) is 5.06. The van der Waals surface area contributed by atoms with Crippen LogP contribution in [0, 0.1) is 5.82 Å². The molecule has 154 valence electrons. The molecule has 4 heteroatoms. The predicted molar refractivity (Wildman–Crippen MR) is 128 cm³/mol. The second kappa shape index (κ2) is 8.84. The standard InChI is InChI=1S/C25H18FN3.C2H6/c26-18-11-12-19(22(27)13-18)25-28-23-14-20(16-7-3-1-4-8-16)21(15-24(23)29-25)17-9-5-2-6-10-17;1-2/h1-15H,27H2,(H,28,29);1-2H3. The Labute approximate surface area is 181 Å². The summed E-state index contributed by atoms with van der Waals surface area (Å²) in [7, 11) is 0. The summed E-state index contributed by atoms with van der Waals surface area (Å²) in [6.07, 6.45) is 0. The van der Waals surface area contributed by atoms with Crippen LogP contribution in [0.4, 0.5) is 10.1 Å². The largest absolute Gasteiger partial charge is 0.398 e. The molecule has 0 radical (unpaired) electrons. The summed E-state index contributed by atoms with van der Waals surface area (Å²) in [6.45, 7) is 4.00. The van der Waals surface area contributed by atoms with E-state index in [0.29, 0.717) is 17.1 Å². The molecule has 0 saturated heterocycles. The second-order valence-electron chi connectivity index (χ2n) is 6.96. The highest BCUT2D eigenvalue weighted by molar-refractivity contribution is 5.95. The van der Waals surface area contributed by atoms with Crippen LogP contribution in [0.3, 0.4) is 0 Å². The Kier molecular flexibility index (Phi) is 5.80. The number of nitrogens with two attached hydrogens (primary N) is 1. The number of aromatic amines is 1. The zero-order chi connectivity index (χ0) is 21.8. The van der Waals surface area contributed by atoms with Crippen LogP contribution in [-0.2, 0) is 0 Å². The van der Waals surface area contributed by atoms with Gasteiger partial charge in [0.05, 0.1) is 11.0 Å². The third kappa shape index (κ3) is 4.05. The van der Waals surface area contributed by atoms with Gasteiger partial charge in [0, 0.05) is 11.3 Å². The Morgan fingerprint density at radius 2 is 1.29 bits per heavy atom. The summed E-state index contributed by atoms with van der Waals surface area (Å²) in [4.78, 5) is 8.08. The molecule has 4 aromatic carbocycles. The van der Waals surface area contributed by atoms with Crippen molar-refractivity contribution in [3.05, 3.63) is 96.8 Å². The Hall–Kier alpha value is -3.92. The van der Waals surface area contributed by atoms with Crippen molar-refractivity contribution in [1.82, 2.24) is 9.97 Å². The van der Waals surface area contributed by atoms with E-state index in [1.807, 2.05) is 50.2 Å². The zero-order valence-corrected chi connectivity index (χ0v) is 17.6. The van der Waals surface area contributed by atoms with E-state index in [1.165, 1.54) is 12.1 Å². The van der Waals surface area contributed by atoms with Gasteiger partial charge in [-0.3, -0.25) is 0 Å². The summed E-state index contributed by atoms with van der Waals surface area (Å²) in [5.41, 5.74) is 13.3. The quantitative estimate of drug-likeness (QED) is 0.307. The second-order valence-corrected chi connectivity index (χ2v) is 6.96. The first-order valence-corrected chi connectivity index (χ1v) is 10.4. The number of nitrogen functional groups attached to an aromatic ring is 1. The zero-order valence-electron chi connectivity index (χ0n) is 17.6. The van der Waals surface area contributed by atoms with Crippen LogP contribution in [0.1, 0.15) is 13.8 Å². The molecule has 0 spiro atoms. The number of nitrogens with one attached hydrogen (secondary N) is 1. The van der Waals surface area contributed by atoms with Crippen molar-refractivity contribution < 1.29 is 4.39 Å². The minimum atomic E-state index is -0.361. The number of rotatable bonds is 3. The maximum Gasteiger partial charge on any atom is 0.140 e. The predicted octanol–water partition coefficient (Wildman–Crippen LogP) is 7.31. The first-order chi connectivity index (χ1) is 15.2. The van der Waals surface area contributed by atoms with Gasteiger partial charge in [0.25, 0.3) is 0 Å². The molecule has 0 bridgehead atoms. The molecule has 1 aromatic heterocycles. The Morgan fingerprint density at radius 3 is 1.87 bits per heavy atom. The number of halogens is 1. The lowest BCUT2D eigenvalue weighted by Crippen LogP contribution is -1.92. The highest BCUT2D eigenvalue weighted by Gasteiger charge is 2.14. The van der Waals surface area contributed by atoms with Crippen molar-refractivity contribution in [2.75, 3.05) is 5.73 Å². The van der Waals surface area contributed by atoms with Gasteiger partial charge < -0.3 is 10.7 Å². The van der Waals surface area contributed by atoms with Gasteiger partial charge in [0.1, 0.15) is 11.6 Å². The van der Waals surface area contributed by atoms with Crippen molar-refractivity contribution in [1.29, 1.82) is 0 Å². The maximum absolute atomic E-state index is 13.4. The van der Waals surface area contributed by atoms with Crippen molar-refractivity contribution in [3.63, 3.8) is 0 Å². The summed E-state index contributed by atoms with van der Waals surface area (Å²) < 4.78 is 13.4. The normalized spacial score (nSPS) is 10.5. The van der Waals surface area contributed by atoms with E-state index >= 15 is 0 Å². The molecule has 0 saturated carbocycles. The van der Waals surface area contributed by atoms with Gasteiger partial charge in [-0.25, -0.2) is 9.37 Å². The van der Waals surface area contributed by atoms with E-state index in [1.54, 1.807) is 6.07 Å². The summed E-state index contributed by atoms with van der Waals surface area (Å²) in [5.74, 6) is 0.266. The van der Waals surface area contributed by atoms with Gasteiger partial charge in [-0.1, -0.05) is 74.5 Å². The molecular formula is C27H24FN3. The number of hydrogen-bond donors (Lipinski definition) is 2. The van der Waals surface area contributed by atoms with E-state index in [0.717, 1.165) is 33.3 Å². The van der Waals surface area contributed by atoms with Crippen LogP contribution in [-0.4, -0.2) is 9.97 Å². The topological polar surface area (TPSA) is 54.7 Å². The lowest BCUT2D eigenvalue weighted by molar-refractivity contribution is 0.628. The van der Waals surface area contributed by atoms with E-state index in [9.17, 15) is 4.39 Å². The molecule has 3 N–H and O–H groups in total. The van der Waals surface area contributed by atoms with Crippen LogP contribution in [0.5, 0.6) is 0 Å². The molecule has 5 rings (SSSR count). The lowest BCUT2D eigenvalue weighted by Gasteiger charge is -2.10. The first-order valence-electron chi connectivity index (χ1n) is 10.4. The molecule has 0 fully saturated rings. The smallest absolute Gasteiger partial charge is 0.140 e. The Morgan fingerprint density at radius 1 is 0.710 bits per heavy atom. The van der Waals surface area contributed by atoms with Gasteiger partial charge in [0.2, 0.25) is 0 Å². The van der Waals surface area contributed by atoms with Crippen LogP contribution in [0.15, 0.2) is 91.0 Å². The fraction of sp³-hybridized carbons (Fsp3) is 0.0741. The van der Waals surface area contributed by atoms with Crippen LogP contribution in [0.2, 0.25) is 0 Å². The number of benzene rings is 4. The van der Waals surface area contributed by atoms with Gasteiger partial charge in [-0.15, -0.1) is 0 Å². The number of H-pyrrole nitrogens is 1. The van der Waals surface area contributed by atoms with Gasteiger partial charge in [-0.2, -0.15) is 0 Å². The molecule has 31 heavy (non-hydrogen) atoms. The summed E-state index contributed by atoms with van der Waals surface area (Å²) in [6, 6.07) is 29.1. The van der Waals surface area contributed by atoms with E-state index < -0.39 is 0 Å². The number of anilines is 1. The van der Waals surface area contributed by atoms with E-state index in [-0.39, 0.29) is 5.82 Å². The highest BCUT2D eigenvalue weighted by Crippen LogP contribution is 2.36. The number of imidazole rings is 1. The summed E-state index contributed by atoms with van der Waals surface area (Å²) in [5, 5.41) is 0. The number of fused-ring (bicyclic) bond motifs is 1. The molecule has 0 aliphatic heterocycles. The van der Waals surface area contributed by atoms with Crippen molar-refractivity contribution >= 4 is 16.7 Å². The Balaban J connectivity index is 0.00000112. The number of aromatic nitrogens is 2. The van der Waals surface area contributed by atoms with Crippen molar-refractivity contribution in [3.8, 4) is 33.6 Å². The highest BCUT2D eigenvalue weighted by atomic mass is 19.1.